The predicted octanol–water partition coefficient (Wildman–Crippen LogP) is 4.20. The number of aliphatic carboxylic acids is 1. The molecule has 1 heterocycles. The highest BCUT2D eigenvalue weighted by Gasteiger charge is 2.26. The van der Waals surface area contributed by atoms with Crippen LogP contribution in [0.1, 0.15) is 46.9 Å². The first-order valence-corrected chi connectivity index (χ1v) is 12.7. The van der Waals surface area contributed by atoms with E-state index < -0.39 is 11.9 Å². The monoisotopic (exact) mass is 536 g/mol. The molecule has 1 amide bonds. The average molecular weight is 537 g/mol. The molecule has 9 nitrogen and oxygen atoms in total. The van der Waals surface area contributed by atoms with Gasteiger partial charge >= 0.3 is 5.97 Å². The molecule has 0 aliphatic heterocycles. The van der Waals surface area contributed by atoms with Crippen LogP contribution in [0.2, 0.25) is 0 Å². The number of rotatable bonds is 11. The zero-order valence-electron chi connectivity index (χ0n) is 22.5. The summed E-state index contributed by atoms with van der Waals surface area (Å²) in [6.07, 6.45) is 3.35. The second kappa shape index (κ2) is 14.3. The molecule has 9 heteroatoms. The SMILES string of the molecule is CCOCC1=CC(OC)=C(c2ccc(CCC(=O)O)cc2)C(OC)C1.NC(=O)c1[nH]c2ccccc2c1CO. The van der Waals surface area contributed by atoms with Gasteiger partial charge in [-0.05, 0) is 42.2 Å². The van der Waals surface area contributed by atoms with Gasteiger partial charge in [0.05, 0.1) is 26.4 Å². The number of aliphatic hydroxyl groups is 1. The van der Waals surface area contributed by atoms with Crippen LogP contribution in [0.4, 0.5) is 0 Å². The van der Waals surface area contributed by atoms with Crippen LogP contribution in [-0.4, -0.2) is 60.6 Å². The fraction of sp³-hybridized carbons (Fsp3) is 0.333. The first-order chi connectivity index (χ1) is 18.8. The maximum atomic E-state index is 11.0. The van der Waals surface area contributed by atoms with Gasteiger partial charge in [-0.25, -0.2) is 0 Å². The molecule has 208 valence electrons. The number of aliphatic hydroxyl groups excluding tert-OH is 1. The molecule has 1 atom stereocenters. The van der Waals surface area contributed by atoms with E-state index >= 15 is 0 Å². The Balaban J connectivity index is 0.000000252. The number of hydrogen-bond acceptors (Lipinski definition) is 6. The number of aryl methyl sites for hydroxylation is 1. The molecule has 1 aliphatic rings. The topological polar surface area (TPSA) is 144 Å². The van der Waals surface area contributed by atoms with Gasteiger partial charge in [0.1, 0.15) is 11.5 Å². The second-order valence-electron chi connectivity index (χ2n) is 8.99. The Morgan fingerprint density at radius 2 is 1.82 bits per heavy atom. The van der Waals surface area contributed by atoms with Crippen LogP contribution in [0.3, 0.4) is 0 Å². The fourth-order valence-electron chi connectivity index (χ4n) is 4.53. The van der Waals surface area contributed by atoms with E-state index in [-0.39, 0.29) is 24.8 Å². The average Bonchev–Trinajstić information content (AvgIpc) is 3.34. The third-order valence-electron chi connectivity index (χ3n) is 6.48. The highest BCUT2D eigenvalue weighted by atomic mass is 16.5. The number of para-hydroxylation sites is 1. The number of carbonyl (C=O) groups is 2. The van der Waals surface area contributed by atoms with Gasteiger partial charge in [-0.1, -0.05) is 42.5 Å². The van der Waals surface area contributed by atoms with Crippen molar-refractivity contribution in [1.29, 1.82) is 0 Å². The third kappa shape index (κ3) is 7.57. The molecule has 0 saturated carbocycles. The van der Waals surface area contributed by atoms with Crippen LogP contribution in [-0.2, 0) is 32.0 Å². The zero-order valence-corrected chi connectivity index (χ0v) is 22.5. The van der Waals surface area contributed by atoms with Crippen LogP contribution < -0.4 is 5.73 Å². The van der Waals surface area contributed by atoms with Crippen LogP contribution in [0.5, 0.6) is 0 Å². The van der Waals surface area contributed by atoms with Gasteiger partial charge < -0.3 is 35.1 Å². The Labute approximate surface area is 227 Å². The Morgan fingerprint density at radius 1 is 1.10 bits per heavy atom. The van der Waals surface area contributed by atoms with Gasteiger partial charge in [-0.2, -0.15) is 0 Å². The normalized spacial score (nSPS) is 15.0. The minimum atomic E-state index is -0.785. The number of benzene rings is 2. The number of ether oxygens (including phenoxy) is 3. The number of nitrogens with one attached hydrogen (secondary N) is 1. The molecule has 5 N–H and O–H groups in total. The van der Waals surface area contributed by atoms with E-state index in [0.29, 0.717) is 25.2 Å². The van der Waals surface area contributed by atoms with Crippen molar-refractivity contribution in [1.82, 2.24) is 4.98 Å². The summed E-state index contributed by atoms with van der Waals surface area (Å²) in [5, 5.41) is 18.8. The number of primary amides is 1. The molecule has 3 aromatic rings. The van der Waals surface area contributed by atoms with Gasteiger partial charge in [-0.3, -0.25) is 9.59 Å². The Bertz CT molecular complexity index is 1340. The lowest BCUT2D eigenvalue weighted by Crippen LogP contribution is -2.21. The highest BCUT2D eigenvalue weighted by molar-refractivity contribution is 6.00. The molecule has 0 bridgehead atoms. The second-order valence-corrected chi connectivity index (χ2v) is 8.99. The largest absolute Gasteiger partial charge is 0.496 e. The van der Waals surface area contributed by atoms with Gasteiger partial charge in [0.2, 0.25) is 0 Å². The van der Waals surface area contributed by atoms with E-state index in [1.165, 1.54) is 0 Å². The lowest BCUT2D eigenvalue weighted by molar-refractivity contribution is -0.136. The van der Waals surface area contributed by atoms with Crippen molar-refractivity contribution < 1.29 is 34.0 Å². The van der Waals surface area contributed by atoms with E-state index in [2.05, 4.69) is 4.98 Å². The minimum Gasteiger partial charge on any atom is -0.496 e. The van der Waals surface area contributed by atoms with Crippen molar-refractivity contribution in [2.24, 2.45) is 5.73 Å². The molecule has 39 heavy (non-hydrogen) atoms. The van der Waals surface area contributed by atoms with Gasteiger partial charge in [0, 0.05) is 48.6 Å². The first kappa shape index (κ1) is 29.6. The van der Waals surface area contributed by atoms with Crippen LogP contribution >= 0.6 is 0 Å². The molecular weight excluding hydrogens is 500 g/mol. The summed E-state index contributed by atoms with van der Waals surface area (Å²) in [5.41, 5.74) is 11.0. The summed E-state index contributed by atoms with van der Waals surface area (Å²) in [4.78, 5) is 24.6. The summed E-state index contributed by atoms with van der Waals surface area (Å²) in [5.74, 6) is -0.552. The lowest BCUT2D eigenvalue weighted by atomic mass is 9.89. The molecule has 1 unspecified atom stereocenters. The summed E-state index contributed by atoms with van der Waals surface area (Å²) >= 11 is 0. The van der Waals surface area contributed by atoms with Crippen molar-refractivity contribution in [3.63, 3.8) is 0 Å². The van der Waals surface area contributed by atoms with Crippen LogP contribution in [0.25, 0.3) is 16.5 Å². The quantitative estimate of drug-likeness (QED) is 0.287. The maximum absolute atomic E-state index is 11.0. The number of amides is 1. The van der Waals surface area contributed by atoms with Crippen LogP contribution in [0, 0.1) is 0 Å². The first-order valence-electron chi connectivity index (χ1n) is 12.7. The van der Waals surface area contributed by atoms with E-state index in [0.717, 1.165) is 45.4 Å². The Kier molecular flexibility index (Phi) is 10.9. The standard InChI is InChI=1S/C20H26O5.C10H10N2O2/c1-4-25-13-15-11-17(23-2)20(18(12-15)24-3)16-8-5-14(6-9-16)7-10-19(21)22;11-10(14)9-7(5-13)6-3-1-2-4-8(6)12-9/h5-6,8-9,11,18H,4,7,10,12-13H2,1-3H3,(H,21,22);1-4,12-13H,5H2,(H2,11,14). The predicted molar refractivity (Wildman–Crippen MR) is 149 cm³/mol. The summed E-state index contributed by atoms with van der Waals surface area (Å²) in [7, 11) is 3.35. The van der Waals surface area contributed by atoms with Gasteiger partial charge in [0.25, 0.3) is 5.91 Å². The summed E-state index contributed by atoms with van der Waals surface area (Å²) < 4.78 is 16.8. The summed E-state index contributed by atoms with van der Waals surface area (Å²) in [6.45, 7) is 3.03. The zero-order chi connectivity index (χ0) is 28.4. The number of H-pyrrole nitrogens is 1. The Morgan fingerprint density at radius 3 is 2.41 bits per heavy atom. The summed E-state index contributed by atoms with van der Waals surface area (Å²) in [6, 6.07) is 15.3. The number of allylic oxidation sites excluding steroid dienone is 1. The molecule has 1 aromatic heterocycles. The molecule has 1 aliphatic carbocycles. The number of carboxylic acid groups (broad SMARTS) is 1. The number of hydrogen-bond donors (Lipinski definition) is 4. The minimum absolute atomic E-state index is 0.0970. The third-order valence-corrected chi connectivity index (χ3v) is 6.48. The molecule has 0 fully saturated rings. The van der Waals surface area contributed by atoms with Crippen molar-refractivity contribution in [2.45, 2.75) is 38.9 Å². The van der Waals surface area contributed by atoms with Crippen molar-refractivity contribution in [3.05, 3.63) is 88.3 Å². The van der Waals surface area contributed by atoms with Gasteiger partial charge in [0.15, 0.2) is 0 Å². The van der Waals surface area contributed by atoms with Crippen molar-refractivity contribution in [2.75, 3.05) is 27.4 Å². The molecular formula is C30H36N2O7. The number of carboxylic acids is 1. The molecule has 2 aromatic carbocycles. The molecule has 4 rings (SSSR count). The number of nitrogens with two attached hydrogens (primary N) is 1. The number of aromatic nitrogens is 1. The molecule has 0 spiro atoms. The van der Waals surface area contributed by atoms with E-state index in [1.54, 1.807) is 14.2 Å². The van der Waals surface area contributed by atoms with Crippen molar-refractivity contribution >= 4 is 28.4 Å². The van der Waals surface area contributed by atoms with E-state index in [9.17, 15) is 9.59 Å². The number of fused-ring (bicyclic) bond motifs is 1. The lowest BCUT2D eigenvalue weighted by Gasteiger charge is -2.27. The maximum Gasteiger partial charge on any atom is 0.303 e. The Hall–Kier alpha value is -3.92. The van der Waals surface area contributed by atoms with Crippen LogP contribution in [0.15, 0.2) is 65.9 Å². The number of aromatic amines is 1. The number of methoxy groups -OCH3 is 2. The highest BCUT2D eigenvalue weighted by Crippen LogP contribution is 2.34. The molecule has 0 saturated heterocycles. The number of carbonyl (C=O) groups excluding carboxylic acids is 1. The van der Waals surface area contributed by atoms with E-state index in [4.69, 9.17) is 30.2 Å². The smallest absolute Gasteiger partial charge is 0.303 e. The fourth-order valence-corrected chi connectivity index (χ4v) is 4.53. The van der Waals surface area contributed by atoms with E-state index in [1.807, 2.05) is 61.5 Å². The van der Waals surface area contributed by atoms with Gasteiger partial charge in [-0.15, -0.1) is 0 Å². The molecule has 0 radical (unpaired) electrons. The van der Waals surface area contributed by atoms with Crippen molar-refractivity contribution in [3.8, 4) is 0 Å².